The van der Waals surface area contributed by atoms with E-state index < -0.39 is 17.9 Å². The number of carboxylic acids is 3. The normalized spacial score (nSPS) is 12.6. The Morgan fingerprint density at radius 3 is 0.806 bits per heavy atom. The summed E-state index contributed by atoms with van der Waals surface area (Å²) in [5.74, 6) is -3.34. The Labute approximate surface area is 207 Å². The zero-order chi connectivity index (χ0) is 23.9. The van der Waals surface area contributed by atoms with Crippen molar-refractivity contribution in [3.05, 3.63) is 0 Å². The number of carbonyl (C=O) groups is 3. The molecule has 0 aliphatic heterocycles. The van der Waals surface area contributed by atoms with Gasteiger partial charge in [0.1, 0.15) is 0 Å². The van der Waals surface area contributed by atoms with E-state index >= 15 is 0 Å². The Kier molecular flexibility index (Phi) is 33.0. The summed E-state index contributed by atoms with van der Waals surface area (Å²) in [5, 5.41) is 31.0. The quantitative estimate of drug-likeness (QED) is 0.290. The van der Waals surface area contributed by atoms with Crippen LogP contribution in [0.3, 0.4) is 0 Å². The number of unbranched alkanes of at least 4 members (excludes halogenated alkanes) is 3. The fourth-order valence-corrected chi connectivity index (χ4v) is 2.82. The van der Waals surface area contributed by atoms with E-state index in [0.29, 0.717) is 19.3 Å². The summed E-state index contributed by atoms with van der Waals surface area (Å²) in [6, 6.07) is 0. The molecule has 31 heavy (non-hydrogen) atoms. The molecule has 0 aromatic carbocycles. The van der Waals surface area contributed by atoms with E-state index in [9.17, 15) is 29.7 Å². The summed E-state index contributed by atoms with van der Waals surface area (Å²) < 4.78 is 0. The molecule has 1 radical (unpaired) electrons. The topological polar surface area (TPSA) is 120 Å². The van der Waals surface area contributed by atoms with Crippen molar-refractivity contribution in [1.29, 1.82) is 0 Å². The molecule has 6 nitrogen and oxygen atoms in total. The van der Waals surface area contributed by atoms with E-state index in [1.807, 2.05) is 20.8 Å². The summed E-state index contributed by atoms with van der Waals surface area (Å²) in [6.07, 6.45) is 10.6. The van der Waals surface area contributed by atoms with E-state index in [1.54, 1.807) is 0 Å². The number of aliphatic carboxylic acids is 3. The van der Waals surface area contributed by atoms with Crippen LogP contribution in [0.5, 0.6) is 0 Å². The molecule has 7 heteroatoms. The minimum atomic E-state index is -0.893. The molecule has 0 aromatic heterocycles. The molecule has 0 aromatic rings. The largest absolute Gasteiger partial charge is 3.00 e. The molecule has 3 atom stereocenters. The monoisotopic (exact) mass is 549 g/mol. The standard InChI is InChI=1S/3C8H16O2.Sn/c3*1-3-5-6-7(4-2)8(9)10;/h3*7H,3-6H2,1-2H3,(H,9,10);/q;;;+3/p-3. The van der Waals surface area contributed by atoms with E-state index in [2.05, 4.69) is 20.8 Å². The van der Waals surface area contributed by atoms with Gasteiger partial charge in [0.25, 0.3) is 0 Å². The number of rotatable bonds is 15. The molecular weight excluding hydrogens is 503 g/mol. The van der Waals surface area contributed by atoms with Crippen molar-refractivity contribution in [2.24, 2.45) is 17.8 Å². The molecule has 0 amide bonds. The minimum absolute atomic E-state index is 0. The van der Waals surface area contributed by atoms with Gasteiger partial charge in [0.05, 0.1) is 0 Å². The molecule has 0 saturated heterocycles. The molecule has 0 bridgehead atoms. The van der Waals surface area contributed by atoms with Crippen LogP contribution < -0.4 is 15.3 Å². The maximum absolute atomic E-state index is 10.3. The summed E-state index contributed by atoms with van der Waals surface area (Å²) in [7, 11) is 0. The third-order valence-corrected chi connectivity index (χ3v) is 5.20. The van der Waals surface area contributed by atoms with Crippen LogP contribution in [0.2, 0.25) is 0 Å². The summed E-state index contributed by atoms with van der Waals surface area (Å²) in [4.78, 5) is 31.0. The van der Waals surface area contributed by atoms with Crippen molar-refractivity contribution in [2.75, 3.05) is 0 Å². The first-order valence-electron chi connectivity index (χ1n) is 11.8. The van der Waals surface area contributed by atoms with Gasteiger partial charge in [0.2, 0.25) is 0 Å². The summed E-state index contributed by atoms with van der Waals surface area (Å²) >= 11 is 0. The van der Waals surface area contributed by atoms with Crippen LogP contribution in [-0.4, -0.2) is 41.8 Å². The van der Waals surface area contributed by atoms with Crippen molar-refractivity contribution >= 4 is 41.8 Å². The first-order valence-corrected chi connectivity index (χ1v) is 11.8. The van der Waals surface area contributed by atoms with E-state index in [0.717, 1.165) is 57.8 Å². The van der Waals surface area contributed by atoms with E-state index in [1.165, 1.54) is 0 Å². The Hall–Kier alpha value is -0.791. The zero-order valence-corrected chi connectivity index (χ0v) is 23.5. The second-order valence-electron chi connectivity index (χ2n) is 7.70. The smallest absolute Gasteiger partial charge is 0.550 e. The Balaban J connectivity index is -0.000000174. The molecule has 0 N–H and O–H groups in total. The van der Waals surface area contributed by atoms with E-state index in [4.69, 9.17) is 0 Å². The molecule has 0 spiro atoms. The van der Waals surface area contributed by atoms with Gasteiger partial charge in [-0.25, -0.2) is 0 Å². The van der Waals surface area contributed by atoms with Crippen LogP contribution in [0.4, 0.5) is 0 Å². The van der Waals surface area contributed by atoms with Crippen LogP contribution in [0.1, 0.15) is 119 Å². The predicted molar refractivity (Wildman–Crippen MR) is 121 cm³/mol. The second kappa shape index (κ2) is 27.2. The number of carbonyl (C=O) groups excluding carboxylic acids is 3. The maximum atomic E-state index is 10.3. The van der Waals surface area contributed by atoms with Gasteiger partial charge < -0.3 is 29.7 Å². The molecule has 0 fully saturated rings. The van der Waals surface area contributed by atoms with Crippen molar-refractivity contribution < 1.29 is 29.7 Å². The SMILES string of the molecule is CCCCC(CC)C(=O)[O-].CCCCC(CC)C(=O)[O-].CCCCC(CC)C(=O)[O-].[Sn+3]. The van der Waals surface area contributed by atoms with Gasteiger partial charge in [-0.1, -0.05) is 80.1 Å². The van der Waals surface area contributed by atoms with Gasteiger partial charge in [0.15, 0.2) is 0 Å². The minimum Gasteiger partial charge on any atom is -0.550 e. The molecular formula is C24H45O6Sn. The average Bonchev–Trinajstić information content (AvgIpc) is 2.70. The number of hydrogen-bond acceptors (Lipinski definition) is 6. The molecule has 0 rings (SSSR count). The van der Waals surface area contributed by atoms with Gasteiger partial charge in [-0.3, -0.25) is 0 Å². The van der Waals surface area contributed by atoms with Gasteiger partial charge in [0, 0.05) is 17.9 Å². The summed E-state index contributed by atoms with van der Waals surface area (Å²) in [6.45, 7) is 11.8. The zero-order valence-electron chi connectivity index (χ0n) is 20.7. The predicted octanol–water partition coefficient (Wildman–Crippen LogP) is 2.48. The average molecular weight is 548 g/mol. The van der Waals surface area contributed by atoms with Crippen LogP contribution in [0.25, 0.3) is 0 Å². The van der Waals surface area contributed by atoms with Crippen LogP contribution >= 0.6 is 0 Å². The molecule has 0 aliphatic carbocycles. The van der Waals surface area contributed by atoms with Gasteiger partial charge in [-0.05, 0) is 56.3 Å². The van der Waals surface area contributed by atoms with Crippen molar-refractivity contribution in [3.8, 4) is 0 Å². The molecule has 3 unspecified atom stereocenters. The van der Waals surface area contributed by atoms with Crippen LogP contribution in [-0.2, 0) is 14.4 Å². The van der Waals surface area contributed by atoms with Crippen molar-refractivity contribution in [3.63, 3.8) is 0 Å². The number of hydrogen-bond donors (Lipinski definition) is 0. The molecule has 0 saturated carbocycles. The number of carboxylic acid groups (broad SMARTS) is 3. The molecule has 0 aliphatic rings. The first-order chi connectivity index (χ1) is 14.2. The third kappa shape index (κ3) is 25.3. The van der Waals surface area contributed by atoms with Gasteiger partial charge in [-0.15, -0.1) is 0 Å². The van der Waals surface area contributed by atoms with Gasteiger partial charge >= 0.3 is 23.9 Å². The third-order valence-electron chi connectivity index (χ3n) is 5.20. The van der Waals surface area contributed by atoms with E-state index in [-0.39, 0.29) is 41.7 Å². The molecule has 181 valence electrons. The maximum Gasteiger partial charge on any atom is 3.00 e. The Morgan fingerprint density at radius 1 is 0.516 bits per heavy atom. The van der Waals surface area contributed by atoms with Gasteiger partial charge in [-0.2, -0.15) is 0 Å². The first kappa shape index (κ1) is 37.5. The fourth-order valence-electron chi connectivity index (χ4n) is 2.82. The van der Waals surface area contributed by atoms with Crippen LogP contribution in [0, 0.1) is 17.8 Å². The molecule has 0 heterocycles. The van der Waals surface area contributed by atoms with Crippen molar-refractivity contribution in [1.82, 2.24) is 0 Å². The Morgan fingerprint density at radius 2 is 0.710 bits per heavy atom. The fraction of sp³-hybridized carbons (Fsp3) is 0.875. The second-order valence-corrected chi connectivity index (χ2v) is 7.70. The summed E-state index contributed by atoms with van der Waals surface area (Å²) in [5.41, 5.74) is 0. The van der Waals surface area contributed by atoms with Crippen molar-refractivity contribution in [2.45, 2.75) is 119 Å². The van der Waals surface area contributed by atoms with Crippen LogP contribution in [0.15, 0.2) is 0 Å². The Bertz CT molecular complexity index is 366.